The minimum atomic E-state index is 0.392. The maximum atomic E-state index is 5.23. The maximum absolute atomic E-state index is 5.23. The molecule has 17 heavy (non-hydrogen) atoms. The van der Waals surface area contributed by atoms with Crippen molar-refractivity contribution in [2.24, 2.45) is 0 Å². The van der Waals surface area contributed by atoms with E-state index in [1.165, 1.54) is 0 Å². The summed E-state index contributed by atoms with van der Waals surface area (Å²) in [6.07, 6.45) is 0.785. The van der Waals surface area contributed by atoms with E-state index in [0.29, 0.717) is 12.2 Å². The highest BCUT2D eigenvalue weighted by Gasteiger charge is 2.26. The molecule has 2 fully saturated rings. The Morgan fingerprint density at radius 2 is 0.941 bits per heavy atom. The van der Waals surface area contributed by atoms with Gasteiger partial charge >= 0.3 is 0 Å². The number of epoxide rings is 2. The molecule has 0 saturated carbocycles. The summed E-state index contributed by atoms with van der Waals surface area (Å²) >= 11 is 0. The third kappa shape index (κ3) is 20.8. The fourth-order valence-electron chi connectivity index (χ4n) is 0.659. The lowest BCUT2D eigenvalue weighted by molar-refractivity contribution is 0.102. The van der Waals surface area contributed by atoms with Gasteiger partial charge in [-0.3, -0.25) is 0 Å². The highest BCUT2D eigenvalue weighted by atomic mass is 16.6. The Hall–Kier alpha value is -1.16. The Bertz CT molecular complexity index is 122. The van der Waals surface area contributed by atoms with Gasteiger partial charge in [0.05, 0.1) is 26.4 Å². The van der Waals surface area contributed by atoms with Crippen LogP contribution >= 0.6 is 0 Å². The molecule has 0 aromatic carbocycles. The maximum Gasteiger partial charge on any atom is 0.104 e. The summed E-state index contributed by atoms with van der Waals surface area (Å²) in [4.78, 5) is 0. The Labute approximate surface area is 106 Å². The predicted molar refractivity (Wildman–Crippen MR) is 75.3 cm³/mol. The fourth-order valence-corrected chi connectivity index (χ4v) is 0.659. The van der Waals surface area contributed by atoms with E-state index in [4.69, 9.17) is 14.2 Å². The minimum Gasteiger partial charge on any atom is -0.376 e. The lowest BCUT2D eigenvalue weighted by Crippen LogP contribution is -2.06. The van der Waals surface area contributed by atoms with Gasteiger partial charge in [-0.05, 0) is 0 Å². The Kier molecular flexibility index (Phi) is 25.2. The molecule has 2 aliphatic heterocycles. The highest BCUT2D eigenvalue weighted by Crippen LogP contribution is 2.12. The van der Waals surface area contributed by atoms with Crippen molar-refractivity contribution in [1.82, 2.24) is 0 Å². The van der Waals surface area contributed by atoms with Crippen molar-refractivity contribution in [2.75, 3.05) is 26.4 Å². The molecular formula is C14H26O3. The summed E-state index contributed by atoms with van der Waals surface area (Å²) in [6, 6.07) is 0. The van der Waals surface area contributed by atoms with E-state index in [2.05, 4.69) is 52.6 Å². The molecule has 0 amide bonds. The van der Waals surface area contributed by atoms with Crippen molar-refractivity contribution in [3.8, 4) is 0 Å². The second-order valence-corrected chi connectivity index (χ2v) is 2.45. The van der Waals surface area contributed by atoms with Crippen molar-refractivity contribution >= 4 is 0 Å². The summed E-state index contributed by atoms with van der Waals surface area (Å²) in [7, 11) is 0. The molecule has 0 aromatic heterocycles. The van der Waals surface area contributed by atoms with Gasteiger partial charge < -0.3 is 14.2 Å². The van der Waals surface area contributed by atoms with Crippen molar-refractivity contribution in [1.29, 1.82) is 0 Å². The van der Waals surface area contributed by atoms with Gasteiger partial charge in [-0.2, -0.15) is 0 Å². The van der Waals surface area contributed by atoms with E-state index in [1.54, 1.807) is 0 Å². The number of rotatable bonds is 4. The van der Waals surface area contributed by atoms with Gasteiger partial charge in [0.25, 0.3) is 0 Å². The van der Waals surface area contributed by atoms with Crippen molar-refractivity contribution in [3.63, 3.8) is 0 Å². The van der Waals surface area contributed by atoms with E-state index in [1.807, 2.05) is 0 Å². The molecule has 2 rings (SSSR count). The van der Waals surface area contributed by atoms with Gasteiger partial charge in [0.2, 0.25) is 0 Å². The van der Waals surface area contributed by atoms with Crippen LogP contribution in [0.5, 0.6) is 0 Å². The van der Waals surface area contributed by atoms with Gasteiger partial charge in [0, 0.05) is 0 Å². The predicted octanol–water partition coefficient (Wildman–Crippen LogP) is 3.01. The van der Waals surface area contributed by atoms with Crippen LogP contribution in [-0.2, 0) is 14.2 Å². The van der Waals surface area contributed by atoms with Gasteiger partial charge in [-0.15, -0.1) is 52.6 Å². The summed E-state index contributed by atoms with van der Waals surface area (Å²) in [5, 5.41) is 0. The monoisotopic (exact) mass is 242 g/mol. The van der Waals surface area contributed by atoms with E-state index in [0.717, 1.165) is 26.4 Å². The van der Waals surface area contributed by atoms with Crippen molar-refractivity contribution in [3.05, 3.63) is 52.6 Å². The summed E-state index contributed by atoms with van der Waals surface area (Å²) < 4.78 is 15.1. The Morgan fingerprint density at radius 3 is 1.12 bits per heavy atom. The molecule has 2 atom stereocenters. The van der Waals surface area contributed by atoms with E-state index in [9.17, 15) is 0 Å². The molecule has 3 nitrogen and oxygen atoms in total. The average Bonchev–Trinajstić information content (AvgIpc) is 3.34. The number of ether oxygens (including phenoxy) is 3. The molecule has 2 saturated heterocycles. The second-order valence-electron chi connectivity index (χ2n) is 2.45. The van der Waals surface area contributed by atoms with Gasteiger partial charge in [0.1, 0.15) is 12.2 Å². The molecule has 3 heteroatoms. The average molecular weight is 242 g/mol. The standard InChI is InChI=1S/C6H10O3.4C2H4/c1(5-3-8-5)7-2-6-4-9-6;4*1-2/h5-6H,1-4H2;4*1-2H2. The van der Waals surface area contributed by atoms with Crippen molar-refractivity contribution < 1.29 is 14.2 Å². The zero-order valence-corrected chi connectivity index (χ0v) is 10.9. The molecule has 0 radical (unpaired) electrons. The Balaban J connectivity index is -0.000000212. The zero-order chi connectivity index (χ0) is 14.1. The van der Waals surface area contributed by atoms with Crippen LogP contribution in [0.1, 0.15) is 0 Å². The lowest BCUT2D eigenvalue weighted by Gasteiger charge is -1.95. The molecular weight excluding hydrogens is 216 g/mol. The summed E-state index contributed by atoms with van der Waals surface area (Å²) in [5.41, 5.74) is 0. The first-order valence-electron chi connectivity index (χ1n) is 5.26. The molecule has 0 spiro atoms. The SMILES string of the molecule is C(OCC1CO1)C1CO1.C=C.C=C.C=C.C=C. The molecule has 100 valence electrons. The summed E-state index contributed by atoms with van der Waals surface area (Å²) in [5.74, 6) is 0. The fraction of sp³-hybridized carbons (Fsp3) is 0.429. The van der Waals surface area contributed by atoms with Crippen LogP contribution in [0.3, 0.4) is 0 Å². The van der Waals surface area contributed by atoms with Gasteiger partial charge in [-0.25, -0.2) is 0 Å². The van der Waals surface area contributed by atoms with E-state index < -0.39 is 0 Å². The number of hydrogen-bond acceptors (Lipinski definition) is 3. The molecule has 0 N–H and O–H groups in total. The van der Waals surface area contributed by atoms with E-state index >= 15 is 0 Å². The third-order valence-electron chi connectivity index (χ3n) is 1.41. The molecule has 2 aliphatic rings. The molecule has 2 unspecified atom stereocenters. The topological polar surface area (TPSA) is 34.3 Å². The first-order valence-corrected chi connectivity index (χ1v) is 5.26. The highest BCUT2D eigenvalue weighted by molar-refractivity contribution is 4.71. The van der Waals surface area contributed by atoms with Crippen LogP contribution in [0.15, 0.2) is 52.6 Å². The van der Waals surface area contributed by atoms with Crippen LogP contribution < -0.4 is 0 Å². The quantitative estimate of drug-likeness (QED) is 0.561. The van der Waals surface area contributed by atoms with Gasteiger partial charge in [0.15, 0.2) is 0 Å². The van der Waals surface area contributed by atoms with Crippen LogP contribution in [-0.4, -0.2) is 38.6 Å². The van der Waals surface area contributed by atoms with Gasteiger partial charge in [-0.1, -0.05) is 0 Å². The number of hydrogen-bond donors (Lipinski definition) is 0. The Morgan fingerprint density at radius 1 is 0.706 bits per heavy atom. The van der Waals surface area contributed by atoms with Crippen LogP contribution in [0.25, 0.3) is 0 Å². The second kappa shape index (κ2) is 20.3. The van der Waals surface area contributed by atoms with Crippen LogP contribution in [0, 0.1) is 0 Å². The third-order valence-corrected chi connectivity index (χ3v) is 1.41. The molecule has 2 heterocycles. The summed E-state index contributed by atoms with van der Waals surface area (Å²) in [6.45, 7) is 27.3. The molecule has 0 aliphatic carbocycles. The van der Waals surface area contributed by atoms with E-state index in [-0.39, 0.29) is 0 Å². The molecule has 0 aromatic rings. The first-order chi connectivity index (χ1) is 8.45. The zero-order valence-electron chi connectivity index (χ0n) is 10.9. The molecule has 0 bridgehead atoms. The lowest BCUT2D eigenvalue weighted by atomic mass is 10.5. The first kappa shape index (κ1) is 21.2. The van der Waals surface area contributed by atoms with Crippen LogP contribution in [0.2, 0.25) is 0 Å². The van der Waals surface area contributed by atoms with Crippen LogP contribution in [0.4, 0.5) is 0 Å². The normalized spacial score (nSPS) is 21.4. The van der Waals surface area contributed by atoms with Crippen molar-refractivity contribution in [2.45, 2.75) is 12.2 Å². The largest absolute Gasteiger partial charge is 0.376 e. The minimum absolute atomic E-state index is 0.392. The smallest absolute Gasteiger partial charge is 0.104 e.